The third kappa shape index (κ3) is 4.65. The maximum Gasteiger partial charge on any atom is 0.277 e. The predicted molar refractivity (Wildman–Crippen MR) is 131 cm³/mol. The third-order valence-electron chi connectivity index (χ3n) is 6.40. The average molecular weight is 504 g/mol. The smallest absolute Gasteiger partial charge is 0.277 e. The van der Waals surface area contributed by atoms with E-state index in [1.807, 2.05) is 18.2 Å². The highest BCUT2D eigenvalue weighted by atomic mass is 32.2. The number of hydrogen-bond acceptors (Lipinski definition) is 6. The molecule has 2 aromatic carbocycles. The molecule has 0 unspecified atom stereocenters. The number of sulfonamides is 1. The van der Waals surface area contributed by atoms with E-state index in [2.05, 4.69) is 11.1 Å². The van der Waals surface area contributed by atoms with Crippen molar-refractivity contribution in [2.24, 2.45) is 0 Å². The predicted octanol–water partition coefficient (Wildman–Crippen LogP) is 4.86. The zero-order valence-corrected chi connectivity index (χ0v) is 20.0. The molecule has 4 aromatic rings. The Morgan fingerprint density at radius 2 is 1.92 bits per heavy atom. The summed E-state index contributed by atoms with van der Waals surface area (Å²) < 4.78 is 46.8. The van der Waals surface area contributed by atoms with Gasteiger partial charge in [0, 0.05) is 42.4 Å². The van der Waals surface area contributed by atoms with Crippen LogP contribution in [0.4, 0.5) is 4.39 Å². The number of carbonyl (C=O) groups excluding carboxylic acids is 1. The third-order valence-corrected chi connectivity index (χ3v) is 8.16. The highest BCUT2D eigenvalue weighted by Gasteiger charge is 2.40. The normalized spacial score (nSPS) is 16.3. The van der Waals surface area contributed by atoms with Gasteiger partial charge in [-0.3, -0.25) is 9.78 Å². The molecule has 1 atom stereocenters. The van der Waals surface area contributed by atoms with E-state index < -0.39 is 21.9 Å². The molecule has 36 heavy (non-hydrogen) atoms. The molecule has 3 heterocycles. The van der Waals surface area contributed by atoms with Crippen LogP contribution in [-0.2, 0) is 21.2 Å². The van der Waals surface area contributed by atoms with Gasteiger partial charge in [-0.05, 0) is 66.8 Å². The van der Waals surface area contributed by atoms with Crippen LogP contribution in [0.5, 0.6) is 0 Å². The lowest BCUT2D eigenvalue weighted by Gasteiger charge is -2.21. The van der Waals surface area contributed by atoms with Crippen molar-refractivity contribution in [3.05, 3.63) is 83.9 Å². The highest BCUT2D eigenvalue weighted by molar-refractivity contribution is 7.89. The molecule has 0 aliphatic carbocycles. The topological polar surface area (TPSA) is 104 Å². The van der Waals surface area contributed by atoms with Crippen molar-refractivity contribution < 1.29 is 22.0 Å². The molecule has 0 spiro atoms. The molecule has 9 heteroatoms. The van der Waals surface area contributed by atoms with Gasteiger partial charge in [-0.2, -0.15) is 9.57 Å². The minimum atomic E-state index is -4.05. The number of aryl methyl sites for hydroxylation is 1. The number of ketones is 1. The molecule has 1 aliphatic heterocycles. The Bertz CT molecular complexity index is 1590. The van der Waals surface area contributed by atoms with Crippen LogP contribution in [0.2, 0.25) is 0 Å². The van der Waals surface area contributed by atoms with E-state index in [-0.39, 0.29) is 29.4 Å². The van der Waals surface area contributed by atoms with Crippen molar-refractivity contribution in [1.82, 2.24) is 9.29 Å². The van der Waals surface area contributed by atoms with Crippen molar-refractivity contribution >= 4 is 26.8 Å². The van der Waals surface area contributed by atoms with Crippen molar-refractivity contribution in [2.45, 2.75) is 36.8 Å². The van der Waals surface area contributed by atoms with Gasteiger partial charge in [-0.25, -0.2) is 12.8 Å². The van der Waals surface area contributed by atoms with Crippen molar-refractivity contribution in [3.8, 4) is 17.2 Å². The summed E-state index contributed by atoms with van der Waals surface area (Å²) in [6.07, 6.45) is 5.01. The van der Waals surface area contributed by atoms with Crippen molar-refractivity contribution in [2.75, 3.05) is 6.54 Å². The van der Waals surface area contributed by atoms with Crippen LogP contribution in [0, 0.1) is 17.1 Å². The summed E-state index contributed by atoms with van der Waals surface area (Å²) in [7, 11) is -4.05. The Balaban J connectivity index is 1.30. The van der Waals surface area contributed by atoms with Gasteiger partial charge in [0.05, 0.1) is 17.7 Å². The molecule has 0 N–H and O–H groups in total. The van der Waals surface area contributed by atoms with Gasteiger partial charge < -0.3 is 4.42 Å². The fraction of sp³-hybridized carbons (Fsp3) is 0.222. The summed E-state index contributed by atoms with van der Waals surface area (Å²) in [6.45, 7) is 0.222. The standard InChI is InChI=1S/C27H22FN3O4S/c28-23-8-10-26-21(13-23)14-27(35-26)36(33,34)31-11-1-2-24(31)25(32)9-5-19-12-22(17-30-16-19)20-6-3-18(15-29)4-7-20/h3-4,6-8,10,12-14,16-17,24H,1-2,5,9,11H2/t24-/m0/s1. The van der Waals surface area contributed by atoms with Gasteiger partial charge in [0.1, 0.15) is 11.4 Å². The molecule has 5 rings (SSSR count). The SMILES string of the molecule is N#Cc1ccc(-c2cncc(CCC(=O)[C@@H]3CCCN3S(=O)(=O)c3cc4cc(F)ccc4o3)c2)cc1. The van der Waals surface area contributed by atoms with Crippen LogP contribution in [0.25, 0.3) is 22.1 Å². The fourth-order valence-electron chi connectivity index (χ4n) is 4.54. The highest BCUT2D eigenvalue weighted by Crippen LogP contribution is 2.31. The number of pyridine rings is 1. The Morgan fingerprint density at radius 3 is 2.69 bits per heavy atom. The summed E-state index contributed by atoms with van der Waals surface area (Å²) >= 11 is 0. The second-order valence-electron chi connectivity index (χ2n) is 8.76. The number of rotatable bonds is 7. The maximum absolute atomic E-state index is 13.5. The molecule has 1 aliphatic rings. The van der Waals surface area contributed by atoms with Gasteiger partial charge in [-0.15, -0.1) is 0 Å². The van der Waals surface area contributed by atoms with Gasteiger partial charge in [0.2, 0.25) is 5.09 Å². The lowest BCUT2D eigenvalue weighted by atomic mass is 10.0. The van der Waals surface area contributed by atoms with E-state index in [1.54, 1.807) is 24.5 Å². The van der Waals surface area contributed by atoms with Crippen molar-refractivity contribution in [1.29, 1.82) is 5.26 Å². The van der Waals surface area contributed by atoms with Gasteiger partial charge in [-0.1, -0.05) is 12.1 Å². The number of furan rings is 1. The van der Waals surface area contributed by atoms with E-state index in [1.165, 1.54) is 28.6 Å². The van der Waals surface area contributed by atoms with Gasteiger partial charge in [0.25, 0.3) is 10.0 Å². The van der Waals surface area contributed by atoms with Crippen LogP contribution in [0.1, 0.15) is 30.4 Å². The molecule has 0 amide bonds. The molecule has 2 aromatic heterocycles. The minimum absolute atomic E-state index is 0.165. The summed E-state index contributed by atoms with van der Waals surface area (Å²) in [5.74, 6) is -0.652. The first-order valence-corrected chi connectivity index (χ1v) is 13.0. The van der Waals surface area contributed by atoms with Crippen LogP contribution >= 0.6 is 0 Å². The summed E-state index contributed by atoms with van der Waals surface area (Å²) in [5, 5.41) is 9.04. The molecule has 7 nitrogen and oxygen atoms in total. The van der Waals surface area contributed by atoms with E-state index in [9.17, 15) is 17.6 Å². The quantitative estimate of drug-likeness (QED) is 0.357. The monoisotopic (exact) mass is 503 g/mol. The first-order chi connectivity index (χ1) is 17.3. The van der Waals surface area contributed by atoms with E-state index in [0.717, 1.165) is 16.7 Å². The Hall–Kier alpha value is -3.87. The molecule has 182 valence electrons. The second kappa shape index (κ2) is 9.64. The minimum Gasteiger partial charge on any atom is -0.443 e. The number of nitriles is 1. The molecular weight excluding hydrogens is 481 g/mol. The lowest BCUT2D eigenvalue weighted by molar-refractivity contribution is -0.122. The zero-order chi connectivity index (χ0) is 25.3. The molecule has 0 bridgehead atoms. The van der Waals surface area contributed by atoms with Crippen LogP contribution < -0.4 is 0 Å². The summed E-state index contributed by atoms with van der Waals surface area (Å²) in [4.78, 5) is 17.4. The molecule has 1 saturated heterocycles. The van der Waals surface area contributed by atoms with E-state index >= 15 is 0 Å². The first kappa shape index (κ1) is 23.9. The largest absolute Gasteiger partial charge is 0.443 e. The Morgan fingerprint density at radius 1 is 1.11 bits per heavy atom. The summed E-state index contributed by atoms with van der Waals surface area (Å²) in [6, 6.07) is 15.5. The molecule has 1 fully saturated rings. The number of halogens is 1. The van der Waals surface area contributed by atoms with Crippen LogP contribution in [0.3, 0.4) is 0 Å². The number of benzene rings is 2. The van der Waals surface area contributed by atoms with Gasteiger partial charge >= 0.3 is 0 Å². The first-order valence-electron chi connectivity index (χ1n) is 11.5. The van der Waals surface area contributed by atoms with E-state index in [0.29, 0.717) is 30.2 Å². The number of aromatic nitrogens is 1. The zero-order valence-electron chi connectivity index (χ0n) is 19.2. The van der Waals surface area contributed by atoms with Gasteiger partial charge in [0.15, 0.2) is 5.78 Å². The fourth-order valence-corrected chi connectivity index (χ4v) is 6.17. The van der Waals surface area contributed by atoms with Crippen LogP contribution in [0.15, 0.2) is 76.5 Å². The Kier molecular flexibility index (Phi) is 6.39. The molecular formula is C27H22FN3O4S. The number of carbonyl (C=O) groups is 1. The van der Waals surface area contributed by atoms with Crippen molar-refractivity contribution in [3.63, 3.8) is 0 Å². The lowest BCUT2D eigenvalue weighted by Crippen LogP contribution is -2.40. The maximum atomic E-state index is 13.5. The number of hydrogen-bond donors (Lipinski definition) is 0. The second-order valence-corrected chi connectivity index (χ2v) is 10.6. The number of nitrogens with zero attached hydrogens (tertiary/aromatic N) is 3. The van der Waals surface area contributed by atoms with Crippen LogP contribution in [-0.4, -0.2) is 36.1 Å². The van der Waals surface area contributed by atoms with E-state index in [4.69, 9.17) is 9.68 Å². The Labute approximate surface area is 207 Å². The molecule has 0 radical (unpaired) electrons. The average Bonchev–Trinajstić information content (AvgIpc) is 3.56. The number of Topliss-reactive ketones (excluding diaryl/α,β-unsaturated/α-hetero) is 1. The molecule has 0 saturated carbocycles. The summed E-state index contributed by atoms with van der Waals surface area (Å²) in [5.41, 5.74) is 3.48. The number of fused-ring (bicyclic) bond motifs is 1.